The smallest absolute Gasteiger partial charge is 0.410 e. The summed E-state index contributed by atoms with van der Waals surface area (Å²) in [7, 11) is 4.32. The number of hydrogen-bond acceptors (Lipinski definition) is 6. The Bertz CT molecular complexity index is 1080. The van der Waals surface area contributed by atoms with Gasteiger partial charge in [0.15, 0.2) is 0 Å². The van der Waals surface area contributed by atoms with Crippen LogP contribution in [0.3, 0.4) is 0 Å². The van der Waals surface area contributed by atoms with E-state index in [1.807, 2.05) is 41.4 Å². The molecule has 1 amide bonds. The number of benzene rings is 1. The molecule has 4 aliphatic rings. The highest BCUT2D eigenvalue weighted by molar-refractivity contribution is 5.69. The molecule has 1 unspecified atom stereocenters. The molecule has 6 rings (SSSR count). The SMILES string of the molecule is CN(C)CCC1CC[C@@H]2c3c(OC4CC5(C4)CN(C(=O)OCc4ccccc4)C5)ccnc3CCN12. The number of fused-ring (bicyclic) bond motifs is 3. The summed E-state index contributed by atoms with van der Waals surface area (Å²) in [6.45, 7) is 4.13. The van der Waals surface area contributed by atoms with Crippen LogP contribution >= 0.6 is 0 Å². The molecule has 1 spiro atoms. The molecule has 1 saturated carbocycles. The van der Waals surface area contributed by atoms with Crippen molar-refractivity contribution in [3.63, 3.8) is 0 Å². The number of aromatic nitrogens is 1. The van der Waals surface area contributed by atoms with Crippen LogP contribution in [0.15, 0.2) is 42.6 Å². The van der Waals surface area contributed by atoms with E-state index >= 15 is 0 Å². The van der Waals surface area contributed by atoms with Crippen molar-refractivity contribution in [2.45, 2.75) is 63.3 Å². The lowest BCUT2D eigenvalue weighted by Crippen LogP contribution is -2.65. The largest absolute Gasteiger partial charge is 0.490 e. The number of nitrogens with zero attached hydrogens (tertiary/aromatic N) is 4. The van der Waals surface area contributed by atoms with Crippen molar-refractivity contribution in [1.82, 2.24) is 19.7 Å². The minimum Gasteiger partial charge on any atom is -0.490 e. The Labute approximate surface area is 214 Å². The molecule has 0 N–H and O–H groups in total. The third-order valence-electron chi connectivity index (χ3n) is 8.66. The number of rotatable bonds is 7. The lowest BCUT2D eigenvalue weighted by molar-refractivity contribution is -0.111. The second-order valence-electron chi connectivity index (χ2n) is 11.5. The Morgan fingerprint density at radius 3 is 2.72 bits per heavy atom. The summed E-state index contributed by atoms with van der Waals surface area (Å²) in [6, 6.07) is 13.0. The van der Waals surface area contributed by atoms with Crippen molar-refractivity contribution < 1.29 is 14.3 Å². The molecule has 1 aromatic carbocycles. The Kier molecular flexibility index (Phi) is 6.38. The molecule has 36 heavy (non-hydrogen) atoms. The summed E-state index contributed by atoms with van der Waals surface area (Å²) >= 11 is 0. The fraction of sp³-hybridized carbons (Fsp3) is 0.586. The van der Waals surface area contributed by atoms with Gasteiger partial charge in [-0.25, -0.2) is 4.79 Å². The molecule has 7 heteroatoms. The summed E-state index contributed by atoms with van der Waals surface area (Å²) in [5.74, 6) is 1.04. The normalized spacial score (nSPS) is 24.7. The topological polar surface area (TPSA) is 58.1 Å². The van der Waals surface area contributed by atoms with Crippen molar-refractivity contribution >= 4 is 6.09 Å². The zero-order valence-electron chi connectivity index (χ0n) is 21.6. The fourth-order valence-electron chi connectivity index (χ4n) is 6.82. The van der Waals surface area contributed by atoms with E-state index in [2.05, 4.69) is 30.0 Å². The van der Waals surface area contributed by atoms with Crippen molar-refractivity contribution in [3.05, 3.63) is 59.4 Å². The summed E-state index contributed by atoms with van der Waals surface area (Å²) in [5, 5.41) is 0. The summed E-state index contributed by atoms with van der Waals surface area (Å²) in [5.41, 5.74) is 3.80. The first-order valence-corrected chi connectivity index (χ1v) is 13.5. The number of ether oxygens (including phenoxy) is 2. The van der Waals surface area contributed by atoms with Crippen molar-refractivity contribution in [1.29, 1.82) is 0 Å². The van der Waals surface area contributed by atoms with Gasteiger partial charge in [0.1, 0.15) is 18.5 Å². The Balaban J connectivity index is 1.02. The summed E-state index contributed by atoms with van der Waals surface area (Å²) in [4.78, 5) is 24.0. The first kappa shape index (κ1) is 23.7. The number of amides is 1. The molecule has 3 fully saturated rings. The fourth-order valence-corrected chi connectivity index (χ4v) is 6.82. The van der Waals surface area contributed by atoms with Gasteiger partial charge in [0.2, 0.25) is 0 Å². The first-order chi connectivity index (χ1) is 17.5. The van der Waals surface area contributed by atoms with Gasteiger partial charge in [0, 0.05) is 55.3 Å². The third kappa shape index (κ3) is 4.59. The van der Waals surface area contributed by atoms with Crippen molar-refractivity contribution in [2.75, 3.05) is 40.3 Å². The molecule has 4 heterocycles. The Morgan fingerprint density at radius 2 is 1.94 bits per heavy atom. The van der Waals surface area contributed by atoms with Gasteiger partial charge >= 0.3 is 6.09 Å². The van der Waals surface area contributed by atoms with Gasteiger partial charge in [-0.1, -0.05) is 30.3 Å². The maximum absolute atomic E-state index is 12.4. The quantitative estimate of drug-likeness (QED) is 0.578. The molecule has 192 valence electrons. The van der Waals surface area contributed by atoms with Gasteiger partial charge < -0.3 is 19.3 Å². The van der Waals surface area contributed by atoms with Gasteiger partial charge in [0.25, 0.3) is 0 Å². The van der Waals surface area contributed by atoms with E-state index in [4.69, 9.17) is 14.5 Å². The third-order valence-corrected chi connectivity index (χ3v) is 8.66. The minimum atomic E-state index is -0.206. The lowest BCUT2D eigenvalue weighted by atomic mass is 9.62. The molecule has 2 aromatic rings. The second kappa shape index (κ2) is 9.67. The summed E-state index contributed by atoms with van der Waals surface area (Å²) < 4.78 is 12.1. The molecular weight excluding hydrogens is 452 g/mol. The van der Waals surface area contributed by atoms with Crippen LogP contribution in [0.1, 0.15) is 55.0 Å². The molecule has 0 radical (unpaired) electrons. The van der Waals surface area contributed by atoms with E-state index in [9.17, 15) is 4.79 Å². The molecular formula is C29H38N4O3. The van der Waals surface area contributed by atoms with Crippen LogP contribution in [-0.2, 0) is 17.8 Å². The maximum Gasteiger partial charge on any atom is 0.410 e. The molecule has 2 atom stereocenters. The lowest BCUT2D eigenvalue weighted by Gasteiger charge is -2.57. The Hall–Kier alpha value is -2.64. The van der Waals surface area contributed by atoms with Crippen LogP contribution < -0.4 is 4.74 Å². The molecule has 0 bridgehead atoms. The van der Waals surface area contributed by atoms with E-state index < -0.39 is 0 Å². The van der Waals surface area contributed by atoms with Crippen LogP contribution in [-0.4, -0.2) is 78.2 Å². The predicted octanol–water partition coefficient (Wildman–Crippen LogP) is 4.27. The molecule has 7 nitrogen and oxygen atoms in total. The van der Waals surface area contributed by atoms with Gasteiger partial charge in [0.05, 0.1) is 5.69 Å². The monoisotopic (exact) mass is 490 g/mol. The maximum atomic E-state index is 12.4. The number of carbonyl (C=O) groups excluding carboxylic acids is 1. The highest BCUT2D eigenvalue weighted by atomic mass is 16.6. The highest BCUT2D eigenvalue weighted by Crippen LogP contribution is 2.51. The Morgan fingerprint density at radius 1 is 1.14 bits per heavy atom. The van der Waals surface area contributed by atoms with Crippen LogP contribution in [0.25, 0.3) is 0 Å². The molecule has 1 aromatic heterocycles. The average Bonchev–Trinajstić information content (AvgIpc) is 3.25. The number of hydrogen-bond donors (Lipinski definition) is 0. The van der Waals surface area contributed by atoms with Gasteiger partial charge in [-0.3, -0.25) is 9.88 Å². The van der Waals surface area contributed by atoms with E-state index in [0.29, 0.717) is 18.7 Å². The standard InChI is InChI=1S/C29H38N4O3/c1-31(2)14-11-22-8-9-25-27-24(12-15-33(22)25)30-13-10-26(27)36-23-16-29(17-23)19-32(20-29)28(34)35-18-21-6-4-3-5-7-21/h3-7,10,13,22-23,25H,8-9,11-12,14-20H2,1-2H3/t22?,25-/m1/s1. The van der Waals surface area contributed by atoms with E-state index in [1.165, 1.54) is 30.5 Å². The summed E-state index contributed by atoms with van der Waals surface area (Å²) in [6.07, 6.45) is 8.64. The zero-order chi connectivity index (χ0) is 24.7. The first-order valence-electron chi connectivity index (χ1n) is 13.5. The van der Waals surface area contributed by atoms with Crippen molar-refractivity contribution in [3.8, 4) is 5.75 Å². The second-order valence-corrected chi connectivity index (χ2v) is 11.5. The van der Waals surface area contributed by atoms with E-state index in [1.54, 1.807) is 0 Å². The van der Waals surface area contributed by atoms with Crippen LogP contribution in [0, 0.1) is 5.41 Å². The van der Waals surface area contributed by atoms with E-state index in [-0.39, 0.29) is 17.6 Å². The van der Waals surface area contributed by atoms with Crippen LogP contribution in [0.2, 0.25) is 0 Å². The van der Waals surface area contributed by atoms with E-state index in [0.717, 1.165) is 56.8 Å². The molecule has 3 aliphatic heterocycles. The van der Waals surface area contributed by atoms with Gasteiger partial charge in [-0.05, 0) is 64.4 Å². The highest BCUT2D eigenvalue weighted by Gasteiger charge is 2.55. The van der Waals surface area contributed by atoms with Gasteiger partial charge in [-0.15, -0.1) is 0 Å². The zero-order valence-corrected chi connectivity index (χ0v) is 21.6. The van der Waals surface area contributed by atoms with Crippen LogP contribution in [0.5, 0.6) is 5.75 Å². The average molecular weight is 491 g/mol. The number of carbonyl (C=O) groups is 1. The van der Waals surface area contributed by atoms with Gasteiger partial charge in [-0.2, -0.15) is 0 Å². The number of pyridine rings is 1. The number of likely N-dealkylation sites (tertiary alicyclic amines) is 1. The van der Waals surface area contributed by atoms with Crippen molar-refractivity contribution in [2.24, 2.45) is 5.41 Å². The molecule has 1 aliphatic carbocycles. The predicted molar refractivity (Wildman–Crippen MR) is 138 cm³/mol. The van der Waals surface area contributed by atoms with Crippen LogP contribution in [0.4, 0.5) is 4.79 Å². The molecule has 2 saturated heterocycles. The minimum absolute atomic E-state index is 0.206.